The van der Waals surface area contributed by atoms with Crippen molar-refractivity contribution in [3.05, 3.63) is 70.7 Å². The number of aliphatic carboxylic acids is 1. The third-order valence-electron chi connectivity index (χ3n) is 3.33. The summed E-state index contributed by atoms with van der Waals surface area (Å²) in [6.07, 6.45) is -1.32. The number of hydrogen-bond acceptors (Lipinski definition) is 3. The Morgan fingerprint density at radius 2 is 1.65 bits per heavy atom. The number of carbonyl (C=O) groups is 2. The number of rotatable bonds is 6. The lowest BCUT2D eigenvalue weighted by atomic mass is 10.0. The Kier molecular flexibility index (Phi) is 5.73. The Hall–Kier alpha value is -2.37. The zero-order valence-corrected chi connectivity index (χ0v) is 12.9. The van der Waals surface area contributed by atoms with Gasteiger partial charge in [-0.25, -0.2) is 4.79 Å². The topological polar surface area (TPSA) is 86.6 Å². The number of hydrogen-bond donors (Lipinski definition) is 3. The largest absolute Gasteiger partial charge is 0.480 e. The molecule has 0 fully saturated rings. The molecule has 0 aliphatic heterocycles. The van der Waals surface area contributed by atoms with Crippen LogP contribution in [0.15, 0.2) is 54.6 Å². The molecule has 0 saturated heterocycles. The highest BCUT2D eigenvalue weighted by atomic mass is 35.5. The maximum Gasteiger partial charge on any atom is 0.326 e. The molecular formula is C17H16ClNO4. The van der Waals surface area contributed by atoms with Gasteiger partial charge in [-0.05, 0) is 23.3 Å². The molecule has 0 heterocycles. The monoisotopic (exact) mass is 333 g/mol. The first-order valence-electron chi connectivity index (χ1n) is 6.98. The predicted molar refractivity (Wildman–Crippen MR) is 86.1 cm³/mol. The van der Waals surface area contributed by atoms with Gasteiger partial charge in [-0.15, -0.1) is 0 Å². The maximum atomic E-state index is 12.1. The lowest BCUT2D eigenvalue weighted by molar-refractivity contribution is -0.143. The van der Waals surface area contributed by atoms with E-state index in [-0.39, 0.29) is 6.42 Å². The number of carbonyl (C=O) groups excluding carboxylic acids is 1. The zero-order valence-electron chi connectivity index (χ0n) is 12.1. The summed E-state index contributed by atoms with van der Waals surface area (Å²) in [5.74, 6) is -1.92. The molecule has 2 aromatic rings. The second-order valence-electron chi connectivity index (χ2n) is 5.04. The van der Waals surface area contributed by atoms with Gasteiger partial charge in [-0.3, -0.25) is 4.79 Å². The molecule has 3 N–H and O–H groups in total. The van der Waals surface area contributed by atoms with Crippen molar-refractivity contribution in [2.24, 2.45) is 0 Å². The number of nitrogens with one attached hydrogen (secondary N) is 1. The van der Waals surface area contributed by atoms with Crippen molar-refractivity contribution in [3.63, 3.8) is 0 Å². The number of carboxylic acids is 1. The lowest BCUT2D eigenvalue weighted by Crippen LogP contribution is -2.44. The van der Waals surface area contributed by atoms with Gasteiger partial charge in [0.15, 0.2) is 6.10 Å². The molecule has 0 spiro atoms. The highest BCUT2D eigenvalue weighted by Crippen LogP contribution is 2.14. The smallest absolute Gasteiger partial charge is 0.326 e. The van der Waals surface area contributed by atoms with Crippen molar-refractivity contribution in [1.29, 1.82) is 0 Å². The average molecular weight is 334 g/mol. The molecule has 2 rings (SSSR count). The number of amides is 1. The number of benzene rings is 2. The first-order valence-corrected chi connectivity index (χ1v) is 7.36. The van der Waals surface area contributed by atoms with Gasteiger partial charge >= 0.3 is 5.97 Å². The maximum absolute atomic E-state index is 12.1. The minimum absolute atomic E-state index is 0.0970. The summed E-state index contributed by atoms with van der Waals surface area (Å²) in [7, 11) is 0. The van der Waals surface area contributed by atoms with Gasteiger partial charge in [0.25, 0.3) is 5.91 Å². The third kappa shape index (κ3) is 4.81. The molecule has 0 aromatic heterocycles. The van der Waals surface area contributed by atoms with Gasteiger partial charge in [-0.2, -0.15) is 0 Å². The van der Waals surface area contributed by atoms with Crippen molar-refractivity contribution in [3.8, 4) is 0 Å². The van der Waals surface area contributed by atoms with E-state index in [1.165, 1.54) is 0 Å². The summed E-state index contributed by atoms with van der Waals surface area (Å²) >= 11 is 5.79. The van der Waals surface area contributed by atoms with E-state index in [2.05, 4.69) is 5.32 Å². The van der Waals surface area contributed by atoms with Gasteiger partial charge in [0.2, 0.25) is 0 Å². The fourth-order valence-electron chi connectivity index (χ4n) is 2.09. The molecule has 0 saturated carbocycles. The van der Waals surface area contributed by atoms with Gasteiger partial charge in [-0.1, -0.05) is 54.1 Å². The molecule has 23 heavy (non-hydrogen) atoms. The van der Waals surface area contributed by atoms with Crippen LogP contribution >= 0.6 is 11.6 Å². The van der Waals surface area contributed by atoms with Crippen molar-refractivity contribution in [2.75, 3.05) is 0 Å². The quantitative estimate of drug-likeness (QED) is 0.756. The van der Waals surface area contributed by atoms with E-state index in [1.807, 2.05) is 0 Å². The van der Waals surface area contributed by atoms with Crippen molar-refractivity contribution >= 4 is 23.5 Å². The van der Waals surface area contributed by atoms with Crippen LogP contribution in [-0.4, -0.2) is 28.1 Å². The molecule has 2 atom stereocenters. The molecule has 1 amide bonds. The molecule has 2 aromatic carbocycles. The van der Waals surface area contributed by atoms with E-state index in [0.717, 1.165) is 5.56 Å². The van der Waals surface area contributed by atoms with E-state index >= 15 is 0 Å². The number of aliphatic hydroxyl groups excluding tert-OH is 1. The molecule has 5 nitrogen and oxygen atoms in total. The zero-order chi connectivity index (χ0) is 16.8. The summed E-state index contributed by atoms with van der Waals surface area (Å²) in [6, 6.07) is 13.9. The van der Waals surface area contributed by atoms with Crippen LogP contribution in [0.1, 0.15) is 17.2 Å². The van der Waals surface area contributed by atoms with Crippen molar-refractivity contribution in [2.45, 2.75) is 18.6 Å². The summed E-state index contributed by atoms with van der Waals surface area (Å²) in [4.78, 5) is 23.4. The first kappa shape index (κ1) is 17.0. The SMILES string of the molecule is O=C(N[C@H](Cc1ccc(Cl)cc1)C(=O)O)[C@@H](O)c1ccccc1. The van der Waals surface area contributed by atoms with Crippen LogP contribution in [0.3, 0.4) is 0 Å². The minimum atomic E-state index is -1.41. The third-order valence-corrected chi connectivity index (χ3v) is 3.58. The molecule has 0 radical (unpaired) electrons. The van der Waals surface area contributed by atoms with E-state index in [9.17, 15) is 19.8 Å². The van der Waals surface area contributed by atoms with Gasteiger partial charge in [0, 0.05) is 11.4 Å². The Labute approximate surface area is 138 Å². The van der Waals surface area contributed by atoms with E-state index in [1.54, 1.807) is 54.6 Å². The molecule has 120 valence electrons. The second kappa shape index (κ2) is 7.76. The Bertz CT molecular complexity index is 673. The second-order valence-corrected chi connectivity index (χ2v) is 5.48. The fraction of sp³-hybridized carbons (Fsp3) is 0.176. The standard InChI is InChI=1S/C17H16ClNO4/c18-13-8-6-11(7-9-13)10-14(17(22)23)19-16(21)15(20)12-4-2-1-3-5-12/h1-9,14-15,20H,10H2,(H,19,21)(H,22,23)/t14-,15+/m1/s1. The number of aliphatic hydroxyl groups is 1. The molecule has 6 heteroatoms. The number of halogens is 1. The molecule has 0 aliphatic rings. The summed E-state index contributed by atoms with van der Waals surface area (Å²) < 4.78 is 0. The van der Waals surface area contributed by atoms with E-state index in [0.29, 0.717) is 10.6 Å². The van der Waals surface area contributed by atoms with Gasteiger partial charge in [0.05, 0.1) is 0 Å². The predicted octanol–water partition coefficient (Wildman–Crippen LogP) is 2.19. The van der Waals surface area contributed by atoms with Crippen LogP contribution in [0, 0.1) is 0 Å². The molecule has 0 unspecified atom stereocenters. The summed E-state index contributed by atoms with van der Waals surface area (Å²) in [5.41, 5.74) is 1.12. The van der Waals surface area contributed by atoms with Crippen LogP contribution in [0.4, 0.5) is 0 Å². The van der Waals surface area contributed by atoms with Crippen LogP contribution in [0.2, 0.25) is 5.02 Å². The Morgan fingerprint density at radius 3 is 2.22 bits per heavy atom. The highest BCUT2D eigenvalue weighted by molar-refractivity contribution is 6.30. The lowest BCUT2D eigenvalue weighted by Gasteiger charge is -2.17. The van der Waals surface area contributed by atoms with Crippen molar-refractivity contribution in [1.82, 2.24) is 5.32 Å². The van der Waals surface area contributed by atoms with E-state index < -0.39 is 24.0 Å². The summed E-state index contributed by atoms with van der Waals surface area (Å²) in [6.45, 7) is 0. The summed E-state index contributed by atoms with van der Waals surface area (Å²) in [5, 5.41) is 22.2. The van der Waals surface area contributed by atoms with Crippen LogP contribution in [0.25, 0.3) is 0 Å². The first-order chi connectivity index (χ1) is 11.0. The average Bonchev–Trinajstić information content (AvgIpc) is 2.56. The van der Waals surface area contributed by atoms with Crippen LogP contribution in [0.5, 0.6) is 0 Å². The fourth-order valence-corrected chi connectivity index (χ4v) is 2.22. The van der Waals surface area contributed by atoms with Crippen LogP contribution in [-0.2, 0) is 16.0 Å². The van der Waals surface area contributed by atoms with Crippen molar-refractivity contribution < 1.29 is 19.8 Å². The number of carboxylic acid groups (broad SMARTS) is 1. The Balaban J connectivity index is 2.05. The minimum Gasteiger partial charge on any atom is -0.480 e. The van der Waals surface area contributed by atoms with Gasteiger partial charge < -0.3 is 15.5 Å². The van der Waals surface area contributed by atoms with Crippen LogP contribution < -0.4 is 5.32 Å². The molecule has 0 aliphatic carbocycles. The Morgan fingerprint density at radius 1 is 1.04 bits per heavy atom. The highest BCUT2D eigenvalue weighted by Gasteiger charge is 2.25. The molecule has 0 bridgehead atoms. The van der Waals surface area contributed by atoms with Gasteiger partial charge in [0.1, 0.15) is 6.04 Å². The normalized spacial score (nSPS) is 13.1. The molecular weight excluding hydrogens is 318 g/mol. The van der Waals surface area contributed by atoms with E-state index in [4.69, 9.17) is 11.6 Å².